The van der Waals surface area contributed by atoms with Crippen LogP contribution in [0.1, 0.15) is 20.8 Å². The molecule has 1 N–H and O–H groups in total. The molecule has 0 aliphatic rings. The van der Waals surface area contributed by atoms with Gasteiger partial charge in [-0.1, -0.05) is 29.8 Å². The summed E-state index contributed by atoms with van der Waals surface area (Å²) in [5, 5.41) is 2.89. The van der Waals surface area contributed by atoms with Crippen molar-refractivity contribution in [2.24, 2.45) is 0 Å². The van der Waals surface area contributed by atoms with Crippen LogP contribution < -0.4 is 14.1 Å². The number of para-hydroxylation sites is 1. The number of benzene rings is 1. The maximum Gasteiger partial charge on any atom is 0.513 e. The number of carbonyl (C=O) groups is 1. The zero-order valence-corrected chi connectivity index (χ0v) is 16.2. The van der Waals surface area contributed by atoms with Crippen molar-refractivity contribution in [2.75, 3.05) is 0 Å². The number of hydrogen-bond acceptors (Lipinski definition) is 6. The van der Waals surface area contributed by atoms with Crippen molar-refractivity contribution in [1.29, 1.82) is 0 Å². The van der Waals surface area contributed by atoms with E-state index in [0.29, 0.717) is 10.8 Å². The Balaban J connectivity index is 2.22. The third kappa shape index (κ3) is 6.33. The van der Waals surface area contributed by atoms with Crippen LogP contribution in [-0.2, 0) is 14.1 Å². The van der Waals surface area contributed by atoms with Crippen LogP contribution in [0.3, 0.4) is 0 Å². The van der Waals surface area contributed by atoms with Crippen molar-refractivity contribution < 1.29 is 23.1 Å². The van der Waals surface area contributed by atoms with E-state index in [1.807, 2.05) is 0 Å². The lowest BCUT2D eigenvalue weighted by Crippen LogP contribution is -2.36. The molecule has 0 saturated heterocycles. The molecule has 1 heterocycles. The Labute approximate surface area is 157 Å². The minimum atomic E-state index is -3.99. The van der Waals surface area contributed by atoms with Gasteiger partial charge in [-0.3, -0.25) is 9.78 Å². The summed E-state index contributed by atoms with van der Waals surface area (Å²) in [6.45, 7) is 4.95. The average molecular weight is 399 g/mol. The molecule has 2 aromatic rings. The Hall–Kier alpha value is -2.08. The van der Waals surface area contributed by atoms with Crippen LogP contribution in [0.4, 0.5) is 0 Å². The lowest BCUT2D eigenvalue weighted by atomic mass is 10.3. The Kier molecular flexibility index (Phi) is 7.03. The molecule has 0 fully saturated rings. The van der Waals surface area contributed by atoms with E-state index in [1.54, 1.807) is 44.2 Å². The van der Waals surface area contributed by atoms with Gasteiger partial charge in [0, 0.05) is 12.3 Å². The number of hydrogen-bond donors (Lipinski definition) is 1. The summed E-state index contributed by atoms with van der Waals surface area (Å²) in [5.41, 5.74) is 0. The summed E-state index contributed by atoms with van der Waals surface area (Å²) in [5.74, 6) is -0.138. The van der Waals surface area contributed by atoms with Gasteiger partial charge < -0.3 is 13.8 Å². The lowest BCUT2D eigenvalue weighted by molar-refractivity contribution is -0.149. The Morgan fingerprint density at radius 1 is 1.12 bits per heavy atom. The number of ether oxygens (including phenoxy) is 1. The van der Waals surface area contributed by atoms with Crippen molar-refractivity contribution in [2.45, 2.75) is 32.9 Å². The summed E-state index contributed by atoms with van der Waals surface area (Å²) in [7, 11) is -3.99. The monoisotopic (exact) mass is 398 g/mol. The second-order valence-corrected chi connectivity index (χ2v) is 7.72. The van der Waals surface area contributed by atoms with E-state index in [9.17, 15) is 9.36 Å². The zero-order chi connectivity index (χ0) is 19.2. The minimum Gasteiger partial charge on any atom is -0.462 e. The number of nitrogens with zero attached hydrogens (tertiary/aromatic N) is 1. The predicted octanol–water partition coefficient (Wildman–Crippen LogP) is 4.23. The molecule has 0 unspecified atom stereocenters. The molecule has 0 amide bonds. The zero-order valence-electron chi connectivity index (χ0n) is 14.6. The third-order valence-corrected chi connectivity index (χ3v) is 4.74. The van der Waals surface area contributed by atoms with E-state index in [1.165, 1.54) is 25.4 Å². The first-order valence-electron chi connectivity index (χ1n) is 7.90. The number of esters is 1. The molecule has 140 valence electrons. The predicted molar refractivity (Wildman–Crippen MR) is 98.4 cm³/mol. The van der Waals surface area contributed by atoms with Crippen molar-refractivity contribution in [3.8, 4) is 11.5 Å². The number of halogens is 1. The highest BCUT2D eigenvalue weighted by Gasteiger charge is 2.34. The summed E-state index contributed by atoms with van der Waals surface area (Å²) < 4.78 is 29.3. The first-order valence-corrected chi connectivity index (χ1v) is 9.82. The van der Waals surface area contributed by atoms with Crippen LogP contribution in [0.2, 0.25) is 5.02 Å². The van der Waals surface area contributed by atoms with Gasteiger partial charge in [0.25, 0.3) is 0 Å². The van der Waals surface area contributed by atoms with Crippen molar-refractivity contribution in [1.82, 2.24) is 10.1 Å². The largest absolute Gasteiger partial charge is 0.513 e. The second kappa shape index (κ2) is 9.03. The number of aromatic nitrogens is 1. The minimum absolute atomic E-state index is 0.133. The summed E-state index contributed by atoms with van der Waals surface area (Å²) in [6.07, 6.45) is 2.44. The molecule has 0 bridgehead atoms. The topological polar surface area (TPSA) is 86.8 Å². The summed E-state index contributed by atoms with van der Waals surface area (Å²) in [6, 6.07) is 8.97. The molecule has 0 radical (unpaired) electrons. The van der Waals surface area contributed by atoms with Crippen LogP contribution in [-0.4, -0.2) is 23.1 Å². The average Bonchev–Trinajstić information content (AvgIpc) is 2.54. The maximum absolute atomic E-state index is 13.2. The Bertz CT molecular complexity index is 788. The molecular formula is C17H20ClN2O5P. The molecule has 9 heteroatoms. The maximum atomic E-state index is 13.2. The highest BCUT2D eigenvalue weighted by Crippen LogP contribution is 2.45. The van der Waals surface area contributed by atoms with Gasteiger partial charge in [-0.15, -0.1) is 0 Å². The summed E-state index contributed by atoms with van der Waals surface area (Å²) in [4.78, 5) is 15.9. The molecule has 2 rings (SSSR count). The van der Waals surface area contributed by atoms with E-state index in [4.69, 9.17) is 25.4 Å². The molecular weight excluding hydrogens is 379 g/mol. The van der Waals surface area contributed by atoms with Crippen molar-refractivity contribution >= 4 is 25.3 Å². The third-order valence-electron chi connectivity index (χ3n) is 2.93. The van der Waals surface area contributed by atoms with Crippen LogP contribution in [0, 0.1) is 0 Å². The molecule has 0 aliphatic heterocycles. The fraction of sp³-hybridized carbons (Fsp3) is 0.294. The quantitative estimate of drug-likeness (QED) is 0.526. The van der Waals surface area contributed by atoms with E-state index in [-0.39, 0.29) is 11.9 Å². The molecule has 0 spiro atoms. The standard InChI is InChI=1S/C17H20ClN2O5P/c1-12(2)23-17(21)13(3)20-26(22,24-15-7-5-4-6-8-15)25-16-9-14(18)10-19-11-16/h4-13H,1-3H3,(H,20,22)/t13-,26+/m1/s1. The molecule has 0 aliphatic carbocycles. The second-order valence-electron chi connectivity index (χ2n) is 5.67. The SMILES string of the molecule is CC(C)OC(=O)[C@@H](C)N[P@](=O)(Oc1ccccc1)Oc1cncc(Cl)c1. The van der Waals surface area contributed by atoms with Crippen LogP contribution >= 0.6 is 19.3 Å². The normalized spacial score (nSPS) is 14.3. The van der Waals surface area contributed by atoms with E-state index < -0.39 is 19.8 Å². The number of rotatable bonds is 8. The van der Waals surface area contributed by atoms with Gasteiger partial charge in [-0.25, -0.2) is 4.57 Å². The fourth-order valence-electron chi connectivity index (χ4n) is 1.90. The van der Waals surface area contributed by atoms with Gasteiger partial charge in [0.05, 0.1) is 17.3 Å². The number of carbonyl (C=O) groups excluding carboxylic acids is 1. The van der Waals surface area contributed by atoms with Gasteiger partial charge in [-0.05, 0) is 32.9 Å². The molecule has 1 aromatic heterocycles. The molecule has 1 aromatic carbocycles. The van der Waals surface area contributed by atoms with E-state index >= 15 is 0 Å². The van der Waals surface area contributed by atoms with Crippen LogP contribution in [0.25, 0.3) is 0 Å². The van der Waals surface area contributed by atoms with Crippen LogP contribution in [0.5, 0.6) is 11.5 Å². The number of pyridine rings is 1. The van der Waals surface area contributed by atoms with Crippen molar-refractivity contribution in [3.63, 3.8) is 0 Å². The van der Waals surface area contributed by atoms with Crippen molar-refractivity contribution in [3.05, 3.63) is 53.8 Å². The van der Waals surface area contributed by atoms with E-state index in [2.05, 4.69) is 10.1 Å². The highest BCUT2D eigenvalue weighted by atomic mass is 35.5. The molecule has 2 atom stereocenters. The Morgan fingerprint density at radius 3 is 2.38 bits per heavy atom. The summed E-state index contributed by atoms with van der Waals surface area (Å²) >= 11 is 5.88. The van der Waals surface area contributed by atoms with Gasteiger partial charge in [0.15, 0.2) is 5.75 Å². The Morgan fingerprint density at radius 2 is 1.77 bits per heavy atom. The smallest absolute Gasteiger partial charge is 0.462 e. The first kappa shape index (κ1) is 20.2. The molecule has 26 heavy (non-hydrogen) atoms. The van der Waals surface area contributed by atoms with Gasteiger partial charge in [-0.2, -0.15) is 5.09 Å². The van der Waals surface area contributed by atoms with Gasteiger partial charge >= 0.3 is 13.7 Å². The van der Waals surface area contributed by atoms with Crippen LogP contribution in [0.15, 0.2) is 48.8 Å². The number of nitrogens with one attached hydrogen (secondary N) is 1. The lowest BCUT2D eigenvalue weighted by Gasteiger charge is -2.23. The van der Waals surface area contributed by atoms with Gasteiger partial charge in [0.1, 0.15) is 11.8 Å². The van der Waals surface area contributed by atoms with Gasteiger partial charge in [0.2, 0.25) is 0 Å². The van der Waals surface area contributed by atoms with E-state index in [0.717, 1.165) is 0 Å². The first-order chi connectivity index (χ1) is 12.3. The molecule has 0 saturated carbocycles. The highest BCUT2D eigenvalue weighted by molar-refractivity contribution is 7.52. The fourth-order valence-corrected chi connectivity index (χ4v) is 3.56. The molecule has 7 nitrogen and oxygen atoms in total.